The van der Waals surface area contributed by atoms with E-state index in [0.717, 1.165) is 38.8 Å². The Hall–Kier alpha value is -4.46. The van der Waals surface area contributed by atoms with Gasteiger partial charge in [0.15, 0.2) is 5.76 Å². The van der Waals surface area contributed by atoms with Crippen LogP contribution in [-0.2, 0) is 19.5 Å². The standard InChI is InChI=1S/C27H23N5O3/c1-16-21(13-29-26(33)18-6-7-22-23(10-18)31-15-30-22)20-8-9-32(14-19(20)12-28-16)27(34)25-11-17-4-2-3-5-24(17)35-25/h2-7,10-12,15H,8-9,13-14H2,1H3,(H,29,33)(H,30,31). The van der Waals surface area contributed by atoms with Crippen LogP contribution < -0.4 is 5.32 Å². The van der Waals surface area contributed by atoms with Crippen LogP contribution in [0.1, 0.15) is 43.3 Å². The van der Waals surface area contributed by atoms with E-state index >= 15 is 0 Å². The van der Waals surface area contributed by atoms with Gasteiger partial charge in [0.1, 0.15) is 5.58 Å². The molecule has 8 heteroatoms. The molecule has 0 radical (unpaired) electrons. The van der Waals surface area contributed by atoms with E-state index in [2.05, 4.69) is 20.3 Å². The first-order valence-electron chi connectivity index (χ1n) is 11.5. The first-order chi connectivity index (χ1) is 17.1. The number of imidazole rings is 1. The second kappa shape index (κ2) is 8.39. The van der Waals surface area contributed by atoms with Crippen LogP contribution in [0.25, 0.3) is 22.0 Å². The van der Waals surface area contributed by atoms with Gasteiger partial charge < -0.3 is 19.6 Å². The number of furan rings is 1. The zero-order valence-corrected chi connectivity index (χ0v) is 19.2. The van der Waals surface area contributed by atoms with E-state index in [1.54, 1.807) is 29.4 Å². The fourth-order valence-electron chi connectivity index (χ4n) is 4.72. The first-order valence-corrected chi connectivity index (χ1v) is 11.5. The van der Waals surface area contributed by atoms with E-state index in [1.807, 2.05) is 43.5 Å². The molecule has 2 amide bonds. The van der Waals surface area contributed by atoms with Gasteiger partial charge in [0.05, 0.1) is 17.4 Å². The van der Waals surface area contributed by atoms with E-state index in [9.17, 15) is 9.59 Å². The van der Waals surface area contributed by atoms with Gasteiger partial charge in [0.25, 0.3) is 11.8 Å². The predicted molar refractivity (Wildman–Crippen MR) is 131 cm³/mol. The van der Waals surface area contributed by atoms with Crippen molar-refractivity contribution >= 4 is 33.8 Å². The average Bonchev–Trinajstić information content (AvgIpc) is 3.53. The summed E-state index contributed by atoms with van der Waals surface area (Å²) in [5.41, 5.74) is 6.95. The maximum atomic E-state index is 13.1. The number of aromatic nitrogens is 3. The molecule has 0 atom stereocenters. The molecule has 174 valence electrons. The fourth-order valence-corrected chi connectivity index (χ4v) is 4.72. The average molecular weight is 466 g/mol. The van der Waals surface area contributed by atoms with Crippen LogP contribution in [-0.4, -0.2) is 38.2 Å². The molecule has 0 saturated carbocycles. The van der Waals surface area contributed by atoms with Crippen LogP contribution in [0.5, 0.6) is 0 Å². The molecule has 0 bridgehead atoms. The van der Waals surface area contributed by atoms with Gasteiger partial charge in [-0.1, -0.05) is 18.2 Å². The van der Waals surface area contributed by atoms with Crippen molar-refractivity contribution in [2.45, 2.75) is 26.4 Å². The number of aromatic amines is 1. The number of aryl methyl sites for hydroxylation is 1. The highest BCUT2D eigenvalue weighted by molar-refractivity contribution is 5.97. The summed E-state index contributed by atoms with van der Waals surface area (Å²) in [6.07, 6.45) is 4.13. The summed E-state index contributed by atoms with van der Waals surface area (Å²) >= 11 is 0. The van der Waals surface area contributed by atoms with E-state index in [4.69, 9.17) is 4.42 Å². The quantitative estimate of drug-likeness (QED) is 0.415. The zero-order valence-electron chi connectivity index (χ0n) is 19.2. The van der Waals surface area contributed by atoms with Crippen molar-refractivity contribution in [2.75, 3.05) is 6.54 Å². The van der Waals surface area contributed by atoms with Crippen molar-refractivity contribution in [2.24, 2.45) is 0 Å². The lowest BCUT2D eigenvalue weighted by Gasteiger charge is -2.30. The lowest BCUT2D eigenvalue weighted by molar-refractivity contribution is 0.0704. The number of benzene rings is 2. The molecule has 2 aromatic carbocycles. The summed E-state index contributed by atoms with van der Waals surface area (Å²) in [6, 6.07) is 14.8. The van der Waals surface area contributed by atoms with Gasteiger partial charge in [-0.3, -0.25) is 14.6 Å². The highest BCUT2D eigenvalue weighted by atomic mass is 16.3. The Labute approximate surface area is 201 Å². The number of hydrogen-bond acceptors (Lipinski definition) is 5. The number of fused-ring (bicyclic) bond motifs is 3. The van der Waals surface area contributed by atoms with E-state index in [-0.39, 0.29) is 11.8 Å². The lowest BCUT2D eigenvalue weighted by Crippen LogP contribution is -2.37. The number of carbonyl (C=O) groups is 2. The van der Waals surface area contributed by atoms with Crippen molar-refractivity contribution in [3.05, 3.63) is 94.8 Å². The Bertz CT molecular complexity index is 1570. The molecule has 0 saturated heterocycles. The summed E-state index contributed by atoms with van der Waals surface area (Å²) in [5.74, 6) is 0.0592. The Morgan fingerprint density at radius 2 is 2.03 bits per heavy atom. The molecule has 5 aromatic rings. The third-order valence-electron chi connectivity index (χ3n) is 6.63. The number of rotatable bonds is 4. The van der Waals surface area contributed by atoms with Crippen LogP contribution in [0, 0.1) is 6.92 Å². The maximum Gasteiger partial charge on any atom is 0.289 e. The lowest BCUT2D eigenvalue weighted by atomic mass is 9.94. The van der Waals surface area contributed by atoms with E-state index < -0.39 is 0 Å². The largest absolute Gasteiger partial charge is 0.451 e. The zero-order chi connectivity index (χ0) is 23.9. The van der Waals surface area contributed by atoms with Gasteiger partial charge in [0, 0.05) is 42.5 Å². The fraction of sp³-hybridized carbons (Fsp3) is 0.185. The number of para-hydroxylation sites is 1. The van der Waals surface area contributed by atoms with Gasteiger partial charge in [-0.25, -0.2) is 4.98 Å². The molecule has 0 unspecified atom stereocenters. The molecule has 1 aliphatic heterocycles. The molecule has 0 fully saturated rings. The molecule has 35 heavy (non-hydrogen) atoms. The van der Waals surface area contributed by atoms with Crippen molar-refractivity contribution in [3.63, 3.8) is 0 Å². The summed E-state index contributed by atoms with van der Waals surface area (Å²) in [5, 5.41) is 3.94. The normalized spacial score (nSPS) is 13.2. The van der Waals surface area contributed by atoms with Crippen LogP contribution in [0.2, 0.25) is 0 Å². The minimum atomic E-state index is -0.156. The molecular weight excluding hydrogens is 442 g/mol. The first kappa shape index (κ1) is 21.1. The van der Waals surface area contributed by atoms with Crippen LogP contribution in [0.4, 0.5) is 0 Å². The van der Waals surface area contributed by atoms with Crippen LogP contribution >= 0.6 is 0 Å². The minimum absolute atomic E-state index is 0.128. The second-order valence-electron chi connectivity index (χ2n) is 8.77. The summed E-state index contributed by atoms with van der Waals surface area (Å²) in [6.45, 7) is 3.35. The molecule has 3 aromatic heterocycles. The Kier molecular flexibility index (Phi) is 5.06. The SMILES string of the molecule is Cc1ncc2c(c1CNC(=O)c1ccc3nc[nH]c3c1)CCN(C(=O)c1cc3ccccc3o1)C2. The Morgan fingerprint density at radius 1 is 1.14 bits per heavy atom. The van der Waals surface area contributed by atoms with Gasteiger partial charge >= 0.3 is 0 Å². The smallest absolute Gasteiger partial charge is 0.289 e. The molecule has 2 N–H and O–H groups in total. The number of pyridine rings is 1. The van der Waals surface area contributed by atoms with Crippen LogP contribution in [0.3, 0.4) is 0 Å². The highest BCUT2D eigenvalue weighted by Crippen LogP contribution is 2.27. The van der Waals surface area contributed by atoms with Crippen molar-refractivity contribution < 1.29 is 14.0 Å². The number of nitrogens with one attached hydrogen (secondary N) is 2. The maximum absolute atomic E-state index is 13.1. The molecule has 8 nitrogen and oxygen atoms in total. The molecule has 1 aliphatic rings. The molecule has 4 heterocycles. The molecule has 0 spiro atoms. The molecule has 6 rings (SSSR count). The number of carbonyl (C=O) groups excluding carboxylic acids is 2. The summed E-state index contributed by atoms with van der Waals surface area (Å²) in [4.78, 5) is 39.5. The van der Waals surface area contributed by atoms with Crippen molar-refractivity contribution in [1.29, 1.82) is 0 Å². The third-order valence-corrected chi connectivity index (χ3v) is 6.63. The Balaban J connectivity index is 1.19. The van der Waals surface area contributed by atoms with Gasteiger partial charge in [-0.05, 0) is 60.4 Å². The monoisotopic (exact) mass is 465 g/mol. The summed E-state index contributed by atoms with van der Waals surface area (Å²) in [7, 11) is 0. The minimum Gasteiger partial charge on any atom is -0.451 e. The number of hydrogen-bond donors (Lipinski definition) is 2. The van der Waals surface area contributed by atoms with Crippen molar-refractivity contribution in [1.82, 2.24) is 25.2 Å². The predicted octanol–water partition coefficient (Wildman–Crippen LogP) is 4.14. The van der Waals surface area contributed by atoms with Gasteiger partial charge in [-0.15, -0.1) is 0 Å². The van der Waals surface area contributed by atoms with E-state index in [1.165, 1.54) is 0 Å². The number of amides is 2. The van der Waals surface area contributed by atoms with Gasteiger partial charge in [0.2, 0.25) is 0 Å². The Morgan fingerprint density at radius 3 is 2.91 bits per heavy atom. The highest BCUT2D eigenvalue weighted by Gasteiger charge is 2.26. The summed E-state index contributed by atoms with van der Waals surface area (Å²) < 4.78 is 5.78. The van der Waals surface area contributed by atoms with Crippen molar-refractivity contribution in [3.8, 4) is 0 Å². The third kappa shape index (κ3) is 3.82. The van der Waals surface area contributed by atoms with Crippen LogP contribution in [0.15, 0.2) is 65.5 Å². The number of nitrogens with zero attached hydrogens (tertiary/aromatic N) is 3. The van der Waals surface area contributed by atoms with Gasteiger partial charge in [-0.2, -0.15) is 0 Å². The second-order valence-corrected chi connectivity index (χ2v) is 8.77. The number of H-pyrrole nitrogens is 1. The topological polar surface area (TPSA) is 104 Å². The molecule has 0 aliphatic carbocycles. The molecular formula is C27H23N5O3. The van der Waals surface area contributed by atoms with E-state index in [0.29, 0.717) is 43.0 Å².